The SMILES string of the molecule is CCNC(=O)C=CCCC(C)C. The largest absolute Gasteiger partial charge is 0.353 e. The van der Waals surface area contributed by atoms with E-state index in [0.717, 1.165) is 12.8 Å². The average molecular weight is 169 g/mol. The molecule has 0 aliphatic heterocycles. The van der Waals surface area contributed by atoms with Crippen LogP contribution < -0.4 is 5.32 Å². The number of rotatable bonds is 5. The highest BCUT2D eigenvalue weighted by atomic mass is 16.1. The third-order valence-corrected chi connectivity index (χ3v) is 1.53. The van der Waals surface area contributed by atoms with Gasteiger partial charge in [-0.2, -0.15) is 0 Å². The summed E-state index contributed by atoms with van der Waals surface area (Å²) in [7, 11) is 0. The molecule has 2 heteroatoms. The Morgan fingerprint density at radius 3 is 2.67 bits per heavy atom. The van der Waals surface area contributed by atoms with Gasteiger partial charge in [0.05, 0.1) is 0 Å². The number of allylic oxidation sites excluding steroid dienone is 1. The van der Waals surface area contributed by atoms with Crippen molar-refractivity contribution in [1.29, 1.82) is 0 Å². The van der Waals surface area contributed by atoms with Gasteiger partial charge in [0, 0.05) is 6.54 Å². The highest BCUT2D eigenvalue weighted by Crippen LogP contribution is 2.03. The number of hydrogen-bond donors (Lipinski definition) is 1. The Bertz CT molecular complexity index is 150. The molecule has 0 atom stereocenters. The highest BCUT2D eigenvalue weighted by molar-refractivity contribution is 5.87. The Kier molecular flexibility index (Phi) is 6.44. The maximum atomic E-state index is 10.9. The number of carbonyl (C=O) groups is 1. The first-order chi connectivity index (χ1) is 5.66. The fourth-order valence-corrected chi connectivity index (χ4v) is 0.853. The summed E-state index contributed by atoms with van der Waals surface area (Å²) >= 11 is 0. The first kappa shape index (κ1) is 11.2. The average Bonchev–Trinajstić information content (AvgIpc) is 1.98. The van der Waals surface area contributed by atoms with Crippen molar-refractivity contribution in [1.82, 2.24) is 5.32 Å². The molecule has 0 heterocycles. The number of amides is 1. The molecule has 0 aromatic heterocycles. The molecule has 0 aromatic carbocycles. The summed E-state index contributed by atoms with van der Waals surface area (Å²) in [6.07, 6.45) is 5.70. The number of likely N-dealkylation sites (N-methyl/N-ethyl adjacent to an activating group) is 1. The van der Waals surface area contributed by atoms with E-state index in [1.807, 2.05) is 13.0 Å². The van der Waals surface area contributed by atoms with Crippen molar-refractivity contribution >= 4 is 5.91 Å². The molecule has 12 heavy (non-hydrogen) atoms. The predicted octanol–water partition coefficient (Wildman–Crippen LogP) is 2.11. The van der Waals surface area contributed by atoms with Crippen molar-refractivity contribution in [3.63, 3.8) is 0 Å². The Balaban J connectivity index is 3.41. The predicted molar refractivity (Wildman–Crippen MR) is 51.9 cm³/mol. The Labute approximate surface area is 75.0 Å². The molecule has 2 nitrogen and oxygen atoms in total. The minimum Gasteiger partial charge on any atom is -0.353 e. The number of hydrogen-bond acceptors (Lipinski definition) is 1. The van der Waals surface area contributed by atoms with Crippen LogP contribution in [0.5, 0.6) is 0 Å². The van der Waals surface area contributed by atoms with E-state index in [0.29, 0.717) is 12.5 Å². The number of nitrogens with one attached hydrogen (secondary N) is 1. The standard InChI is InChI=1S/C10H19NO/c1-4-11-10(12)8-6-5-7-9(2)3/h6,8-9H,4-5,7H2,1-3H3,(H,11,12). The van der Waals surface area contributed by atoms with Gasteiger partial charge in [-0.25, -0.2) is 0 Å². The monoisotopic (exact) mass is 169 g/mol. The van der Waals surface area contributed by atoms with Gasteiger partial charge < -0.3 is 5.32 Å². The summed E-state index contributed by atoms with van der Waals surface area (Å²) in [5.74, 6) is 0.727. The zero-order valence-corrected chi connectivity index (χ0v) is 8.26. The minimum absolute atomic E-state index is 0.0151. The second-order valence-electron chi connectivity index (χ2n) is 3.27. The molecule has 0 aliphatic rings. The lowest BCUT2D eigenvalue weighted by molar-refractivity contribution is -0.116. The van der Waals surface area contributed by atoms with Crippen LogP contribution in [0.3, 0.4) is 0 Å². The van der Waals surface area contributed by atoms with Gasteiger partial charge in [0.25, 0.3) is 0 Å². The van der Waals surface area contributed by atoms with Gasteiger partial charge in [-0.05, 0) is 31.8 Å². The van der Waals surface area contributed by atoms with E-state index in [2.05, 4.69) is 19.2 Å². The van der Waals surface area contributed by atoms with E-state index >= 15 is 0 Å². The van der Waals surface area contributed by atoms with E-state index in [9.17, 15) is 4.79 Å². The van der Waals surface area contributed by atoms with Crippen molar-refractivity contribution in [2.75, 3.05) is 6.54 Å². The highest BCUT2D eigenvalue weighted by Gasteiger charge is 1.92. The molecule has 0 radical (unpaired) electrons. The molecule has 0 spiro atoms. The van der Waals surface area contributed by atoms with Crippen LogP contribution in [0.2, 0.25) is 0 Å². The van der Waals surface area contributed by atoms with Crippen LogP contribution in [0.25, 0.3) is 0 Å². The molecular weight excluding hydrogens is 150 g/mol. The molecular formula is C10H19NO. The first-order valence-corrected chi connectivity index (χ1v) is 4.61. The molecule has 0 aromatic rings. The lowest BCUT2D eigenvalue weighted by atomic mass is 10.1. The Hall–Kier alpha value is -0.790. The summed E-state index contributed by atoms with van der Waals surface area (Å²) in [6.45, 7) is 6.98. The molecule has 0 saturated carbocycles. The van der Waals surface area contributed by atoms with E-state index in [-0.39, 0.29) is 5.91 Å². The maximum Gasteiger partial charge on any atom is 0.243 e. The molecule has 0 rings (SSSR count). The minimum atomic E-state index is 0.0151. The summed E-state index contributed by atoms with van der Waals surface area (Å²) in [5.41, 5.74) is 0. The van der Waals surface area contributed by atoms with Crippen molar-refractivity contribution in [3.05, 3.63) is 12.2 Å². The third-order valence-electron chi connectivity index (χ3n) is 1.53. The first-order valence-electron chi connectivity index (χ1n) is 4.61. The molecule has 0 aliphatic carbocycles. The molecule has 0 fully saturated rings. The van der Waals surface area contributed by atoms with E-state index < -0.39 is 0 Å². The third kappa shape index (κ3) is 7.32. The van der Waals surface area contributed by atoms with Crippen molar-refractivity contribution in [2.24, 2.45) is 5.92 Å². The Morgan fingerprint density at radius 2 is 2.17 bits per heavy atom. The molecule has 0 unspecified atom stereocenters. The van der Waals surface area contributed by atoms with E-state index in [1.165, 1.54) is 0 Å². The zero-order valence-electron chi connectivity index (χ0n) is 8.26. The van der Waals surface area contributed by atoms with Crippen LogP contribution in [-0.4, -0.2) is 12.5 Å². The fraction of sp³-hybridized carbons (Fsp3) is 0.700. The van der Waals surface area contributed by atoms with Gasteiger partial charge in [-0.3, -0.25) is 4.79 Å². The van der Waals surface area contributed by atoms with Crippen LogP contribution in [0.1, 0.15) is 33.6 Å². The normalized spacial score (nSPS) is 11.0. The molecule has 1 N–H and O–H groups in total. The van der Waals surface area contributed by atoms with Crippen LogP contribution >= 0.6 is 0 Å². The summed E-state index contributed by atoms with van der Waals surface area (Å²) < 4.78 is 0. The van der Waals surface area contributed by atoms with Crippen molar-refractivity contribution in [2.45, 2.75) is 33.6 Å². The molecule has 70 valence electrons. The second kappa shape index (κ2) is 6.89. The molecule has 1 amide bonds. The van der Waals surface area contributed by atoms with Gasteiger partial charge >= 0.3 is 0 Å². The van der Waals surface area contributed by atoms with E-state index in [1.54, 1.807) is 6.08 Å². The van der Waals surface area contributed by atoms with E-state index in [4.69, 9.17) is 0 Å². The quantitative estimate of drug-likeness (QED) is 0.627. The van der Waals surface area contributed by atoms with Gasteiger partial charge in [-0.1, -0.05) is 19.9 Å². The lowest BCUT2D eigenvalue weighted by Crippen LogP contribution is -2.19. The maximum absolute atomic E-state index is 10.9. The van der Waals surface area contributed by atoms with Gasteiger partial charge in [0.1, 0.15) is 0 Å². The smallest absolute Gasteiger partial charge is 0.243 e. The molecule has 0 bridgehead atoms. The fourth-order valence-electron chi connectivity index (χ4n) is 0.853. The van der Waals surface area contributed by atoms with Crippen molar-refractivity contribution < 1.29 is 4.79 Å². The van der Waals surface area contributed by atoms with Gasteiger partial charge in [0.2, 0.25) is 5.91 Å². The van der Waals surface area contributed by atoms with Crippen LogP contribution in [0.4, 0.5) is 0 Å². The summed E-state index contributed by atoms with van der Waals surface area (Å²) in [4.78, 5) is 10.9. The summed E-state index contributed by atoms with van der Waals surface area (Å²) in [5, 5.41) is 2.71. The van der Waals surface area contributed by atoms with Crippen LogP contribution in [0.15, 0.2) is 12.2 Å². The number of carbonyl (C=O) groups excluding carboxylic acids is 1. The zero-order chi connectivity index (χ0) is 9.40. The van der Waals surface area contributed by atoms with Crippen LogP contribution in [-0.2, 0) is 4.79 Å². The summed E-state index contributed by atoms with van der Waals surface area (Å²) in [6, 6.07) is 0. The van der Waals surface area contributed by atoms with Gasteiger partial charge in [-0.15, -0.1) is 0 Å². The van der Waals surface area contributed by atoms with Crippen LogP contribution in [0, 0.1) is 5.92 Å². The molecule has 0 saturated heterocycles. The lowest BCUT2D eigenvalue weighted by Gasteiger charge is -1.99. The second-order valence-corrected chi connectivity index (χ2v) is 3.27. The Morgan fingerprint density at radius 1 is 1.50 bits per heavy atom. The van der Waals surface area contributed by atoms with Crippen molar-refractivity contribution in [3.8, 4) is 0 Å². The van der Waals surface area contributed by atoms with Gasteiger partial charge in [0.15, 0.2) is 0 Å². The topological polar surface area (TPSA) is 29.1 Å².